The highest BCUT2D eigenvalue weighted by Crippen LogP contribution is 2.26. The van der Waals surface area contributed by atoms with Gasteiger partial charge >= 0.3 is 6.18 Å². The summed E-state index contributed by atoms with van der Waals surface area (Å²) in [6.07, 6.45) is -3.86. The Morgan fingerprint density at radius 1 is 1.24 bits per heavy atom. The second-order valence-corrected chi connectivity index (χ2v) is 4.92. The van der Waals surface area contributed by atoms with Crippen molar-refractivity contribution in [1.82, 2.24) is 5.32 Å². The van der Waals surface area contributed by atoms with Crippen LogP contribution in [-0.2, 0) is 4.74 Å². The normalized spacial score (nSPS) is 13.2. The molecular formula is C15H22F3NO2. The van der Waals surface area contributed by atoms with Gasteiger partial charge in [0.15, 0.2) is 0 Å². The van der Waals surface area contributed by atoms with Crippen LogP contribution in [0.1, 0.15) is 30.5 Å². The molecule has 21 heavy (non-hydrogen) atoms. The zero-order valence-electron chi connectivity index (χ0n) is 12.6. The van der Waals surface area contributed by atoms with Gasteiger partial charge in [0.2, 0.25) is 0 Å². The summed E-state index contributed by atoms with van der Waals surface area (Å²) in [4.78, 5) is 0. The molecule has 1 aromatic rings. The summed E-state index contributed by atoms with van der Waals surface area (Å²) in [5.41, 5.74) is 2.17. The molecule has 1 rings (SSSR count). The minimum Gasteiger partial charge on any atom is -0.493 e. The average Bonchev–Trinajstić information content (AvgIpc) is 2.41. The number of hydrogen-bond acceptors (Lipinski definition) is 3. The molecule has 0 fully saturated rings. The predicted octanol–water partition coefficient (Wildman–Crippen LogP) is 3.62. The van der Waals surface area contributed by atoms with Crippen molar-refractivity contribution >= 4 is 0 Å². The first-order chi connectivity index (χ1) is 9.83. The fourth-order valence-electron chi connectivity index (χ4n) is 1.82. The second kappa shape index (κ2) is 8.24. The van der Waals surface area contributed by atoms with Crippen LogP contribution in [0.5, 0.6) is 5.75 Å². The zero-order valence-corrected chi connectivity index (χ0v) is 12.6. The maximum atomic E-state index is 11.9. The maximum Gasteiger partial charge on any atom is 0.411 e. The van der Waals surface area contributed by atoms with E-state index in [2.05, 4.69) is 10.1 Å². The molecule has 1 unspecified atom stereocenters. The van der Waals surface area contributed by atoms with Crippen molar-refractivity contribution in [2.24, 2.45) is 0 Å². The molecule has 0 spiro atoms. The average molecular weight is 305 g/mol. The van der Waals surface area contributed by atoms with Crippen LogP contribution < -0.4 is 10.1 Å². The monoisotopic (exact) mass is 305 g/mol. The Labute approximate surface area is 123 Å². The molecule has 0 bridgehead atoms. The summed E-state index contributed by atoms with van der Waals surface area (Å²) >= 11 is 0. The van der Waals surface area contributed by atoms with E-state index in [1.54, 1.807) is 0 Å². The Bertz CT molecular complexity index is 435. The molecule has 0 aliphatic carbocycles. The number of rotatable bonds is 8. The number of alkyl halides is 3. The lowest BCUT2D eigenvalue weighted by Crippen LogP contribution is -2.18. The van der Waals surface area contributed by atoms with Gasteiger partial charge in [-0.3, -0.25) is 0 Å². The summed E-state index contributed by atoms with van der Waals surface area (Å²) < 4.78 is 45.8. The van der Waals surface area contributed by atoms with E-state index in [4.69, 9.17) is 4.74 Å². The summed E-state index contributed by atoms with van der Waals surface area (Å²) in [5.74, 6) is 0.748. The van der Waals surface area contributed by atoms with E-state index in [9.17, 15) is 13.2 Å². The summed E-state index contributed by atoms with van der Waals surface area (Å²) in [6.45, 7) is 3.17. The van der Waals surface area contributed by atoms with Crippen LogP contribution in [-0.4, -0.2) is 33.0 Å². The molecule has 6 heteroatoms. The topological polar surface area (TPSA) is 30.5 Å². The third-order valence-corrected chi connectivity index (χ3v) is 3.02. The molecule has 3 nitrogen and oxygen atoms in total. The van der Waals surface area contributed by atoms with Gasteiger partial charge < -0.3 is 14.8 Å². The third-order valence-electron chi connectivity index (χ3n) is 3.02. The molecule has 0 aromatic heterocycles. The Morgan fingerprint density at radius 3 is 2.57 bits per heavy atom. The lowest BCUT2D eigenvalue weighted by Gasteiger charge is -2.17. The molecule has 0 aliphatic heterocycles. The van der Waals surface area contributed by atoms with Gasteiger partial charge in [0.25, 0.3) is 0 Å². The highest BCUT2D eigenvalue weighted by molar-refractivity contribution is 5.38. The van der Waals surface area contributed by atoms with Crippen molar-refractivity contribution < 1.29 is 22.6 Å². The van der Waals surface area contributed by atoms with Gasteiger partial charge in [-0.25, -0.2) is 0 Å². The molecule has 0 heterocycles. The first kappa shape index (κ1) is 17.8. The fourth-order valence-corrected chi connectivity index (χ4v) is 1.82. The van der Waals surface area contributed by atoms with Crippen molar-refractivity contribution in [2.45, 2.75) is 32.5 Å². The summed E-state index contributed by atoms with van der Waals surface area (Å²) in [6, 6.07) is 6.01. The lowest BCUT2D eigenvalue weighted by molar-refractivity contribution is -0.174. The van der Waals surface area contributed by atoms with Crippen molar-refractivity contribution in [2.75, 3.05) is 26.9 Å². The second-order valence-electron chi connectivity index (χ2n) is 4.92. The number of benzene rings is 1. The van der Waals surface area contributed by atoms with Crippen LogP contribution >= 0.6 is 0 Å². The zero-order chi connectivity index (χ0) is 15.9. The van der Waals surface area contributed by atoms with Crippen LogP contribution in [0.3, 0.4) is 0 Å². The Kier molecular flexibility index (Phi) is 6.98. The Hall–Kier alpha value is -1.27. The standard InChI is InChI=1S/C15H22F3NO2/c1-11-5-6-14(13(9-11)12(2)19-3)21-8-4-7-20-10-15(16,17)18/h5-6,9,12,19H,4,7-8,10H2,1-3H3. The molecule has 1 atom stereocenters. The third kappa shape index (κ3) is 6.82. The number of hydrogen-bond donors (Lipinski definition) is 1. The Balaban J connectivity index is 2.41. The smallest absolute Gasteiger partial charge is 0.411 e. The molecule has 0 saturated heterocycles. The van der Waals surface area contributed by atoms with Gasteiger partial charge in [-0.1, -0.05) is 17.7 Å². The van der Waals surface area contributed by atoms with Gasteiger partial charge in [0.05, 0.1) is 13.2 Å². The van der Waals surface area contributed by atoms with Crippen LogP contribution in [0.25, 0.3) is 0 Å². The van der Waals surface area contributed by atoms with Crippen molar-refractivity contribution in [3.05, 3.63) is 29.3 Å². The van der Waals surface area contributed by atoms with E-state index >= 15 is 0 Å². The predicted molar refractivity (Wildman–Crippen MR) is 75.6 cm³/mol. The van der Waals surface area contributed by atoms with Gasteiger partial charge in [-0.15, -0.1) is 0 Å². The number of nitrogens with one attached hydrogen (secondary N) is 1. The van der Waals surface area contributed by atoms with E-state index in [0.29, 0.717) is 13.0 Å². The largest absolute Gasteiger partial charge is 0.493 e. The maximum absolute atomic E-state index is 11.9. The number of aryl methyl sites for hydroxylation is 1. The van der Waals surface area contributed by atoms with Gasteiger partial charge in [-0.05, 0) is 27.0 Å². The molecule has 0 radical (unpaired) electrons. The van der Waals surface area contributed by atoms with Crippen molar-refractivity contribution in [3.63, 3.8) is 0 Å². The number of ether oxygens (including phenoxy) is 2. The molecule has 0 aliphatic rings. The van der Waals surface area contributed by atoms with Gasteiger partial charge in [0, 0.05) is 18.0 Å². The van der Waals surface area contributed by atoms with E-state index in [-0.39, 0.29) is 12.6 Å². The summed E-state index contributed by atoms with van der Waals surface area (Å²) in [7, 11) is 1.86. The molecule has 1 aromatic carbocycles. The molecule has 0 amide bonds. The van der Waals surface area contributed by atoms with Crippen molar-refractivity contribution in [3.8, 4) is 5.75 Å². The van der Waals surface area contributed by atoms with E-state index in [1.165, 1.54) is 0 Å². The first-order valence-electron chi connectivity index (χ1n) is 6.88. The van der Waals surface area contributed by atoms with Gasteiger partial charge in [0.1, 0.15) is 12.4 Å². The quantitative estimate of drug-likeness (QED) is 0.744. The first-order valence-corrected chi connectivity index (χ1v) is 6.88. The van der Waals surface area contributed by atoms with Crippen LogP contribution in [0.4, 0.5) is 13.2 Å². The molecular weight excluding hydrogens is 283 g/mol. The minimum atomic E-state index is -4.27. The SMILES string of the molecule is CNC(C)c1cc(C)ccc1OCCCOCC(F)(F)F. The lowest BCUT2D eigenvalue weighted by atomic mass is 10.0. The minimum absolute atomic E-state index is 0.0300. The van der Waals surface area contributed by atoms with E-state index in [0.717, 1.165) is 16.9 Å². The number of halogens is 3. The Morgan fingerprint density at radius 2 is 1.95 bits per heavy atom. The van der Waals surface area contributed by atoms with Gasteiger partial charge in [-0.2, -0.15) is 13.2 Å². The van der Waals surface area contributed by atoms with E-state index < -0.39 is 12.8 Å². The summed E-state index contributed by atoms with van der Waals surface area (Å²) in [5, 5.41) is 3.15. The van der Waals surface area contributed by atoms with Crippen molar-refractivity contribution in [1.29, 1.82) is 0 Å². The highest BCUT2D eigenvalue weighted by Gasteiger charge is 2.27. The highest BCUT2D eigenvalue weighted by atomic mass is 19.4. The van der Waals surface area contributed by atoms with Crippen LogP contribution in [0, 0.1) is 6.92 Å². The molecule has 120 valence electrons. The van der Waals surface area contributed by atoms with Crippen LogP contribution in [0.15, 0.2) is 18.2 Å². The van der Waals surface area contributed by atoms with Crippen LogP contribution in [0.2, 0.25) is 0 Å². The molecule has 1 N–H and O–H groups in total. The fraction of sp³-hybridized carbons (Fsp3) is 0.600. The van der Waals surface area contributed by atoms with E-state index in [1.807, 2.05) is 39.1 Å². The molecule has 0 saturated carbocycles.